The summed E-state index contributed by atoms with van der Waals surface area (Å²) in [6.45, 7) is -0.187. The van der Waals surface area contributed by atoms with Crippen molar-refractivity contribution in [1.82, 2.24) is 9.71 Å². The number of hydrogen-bond acceptors (Lipinski definition) is 4. The molecule has 88 valence electrons. The Morgan fingerprint density at radius 3 is 2.81 bits per heavy atom. The highest BCUT2D eigenvalue weighted by Crippen LogP contribution is 2.09. The van der Waals surface area contributed by atoms with E-state index in [0.717, 1.165) is 12.3 Å². The van der Waals surface area contributed by atoms with E-state index in [1.165, 1.54) is 6.07 Å². The van der Waals surface area contributed by atoms with E-state index in [4.69, 9.17) is 5.73 Å². The second kappa shape index (κ2) is 4.99. The molecule has 0 aliphatic heterocycles. The van der Waals surface area contributed by atoms with E-state index < -0.39 is 26.8 Å². The van der Waals surface area contributed by atoms with Crippen molar-refractivity contribution in [3.05, 3.63) is 24.1 Å². The van der Waals surface area contributed by atoms with Gasteiger partial charge in [0.15, 0.2) is 5.82 Å². The zero-order valence-corrected chi connectivity index (χ0v) is 9.00. The molecule has 0 spiro atoms. The van der Waals surface area contributed by atoms with Crippen LogP contribution in [0.2, 0.25) is 0 Å². The number of rotatable bonds is 5. The van der Waals surface area contributed by atoms with Crippen molar-refractivity contribution < 1.29 is 17.6 Å². The van der Waals surface area contributed by atoms with Crippen LogP contribution in [0, 0.1) is 5.82 Å². The number of aromatic nitrogens is 1. The van der Waals surface area contributed by atoms with Crippen LogP contribution < -0.4 is 10.5 Å². The maximum absolute atomic E-state index is 13.1. The summed E-state index contributed by atoms with van der Waals surface area (Å²) in [5.74, 6) is -1.60. The van der Waals surface area contributed by atoms with E-state index in [2.05, 4.69) is 4.98 Å². The fourth-order valence-corrected chi connectivity index (χ4v) is 1.98. The van der Waals surface area contributed by atoms with Crippen molar-refractivity contribution in [3.63, 3.8) is 0 Å². The quantitative estimate of drug-likeness (QED) is 0.723. The molecule has 0 aromatic carbocycles. The third-order valence-corrected chi connectivity index (χ3v) is 3.04. The van der Waals surface area contributed by atoms with Crippen LogP contribution in [0.1, 0.15) is 6.42 Å². The Kier molecular flexibility index (Phi) is 3.91. The van der Waals surface area contributed by atoms with Crippen LogP contribution in [0.15, 0.2) is 23.4 Å². The number of nitrogens with zero attached hydrogens (tertiary/aromatic N) is 1. The van der Waals surface area contributed by atoms with E-state index >= 15 is 0 Å². The highest BCUT2D eigenvalue weighted by molar-refractivity contribution is 7.89. The molecule has 16 heavy (non-hydrogen) atoms. The standard InChI is InChI=1S/C8H10FN3O3S/c9-6-2-1-4-11-8(6)16(14,15)12-5-3-7(10)13/h1-2,4,12H,3,5H2,(H2,10,13). The van der Waals surface area contributed by atoms with Gasteiger partial charge in [-0.15, -0.1) is 0 Å². The van der Waals surface area contributed by atoms with Crippen LogP contribution in [0.25, 0.3) is 0 Å². The van der Waals surface area contributed by atoms with Gasteiger partial charge in [-0.3, -0.25) is 4.79 Å². The van der Waals surface area contributed by atoms with Crippen molar-refractivity contribution in [2.75, 3.05) is 6.54 Å². The smallest absolute Gasteiger partial charge is 0.261 e. The number of primary amides is 1. The average Bonchev–Trinajstić information content (AvgIpc) is 2.17. The fourth-order valence-electron chi connectivity index (χ4n) is 0.946. The molecule has 0 radical (unpaired) electrons. The number of amides is 1. The highest BCUT2D eigenvalue weighted by Gasteiger charge is 2.19. The molecular formula is C8H10FN3O3S. The largest absolute Gasteiger partial charge is 0.370 e. The van der Waals surface area contributed by atoms with Gasteiger partial charge in [-0.05, 0) is 12.1 Å². The Hall–Kier alpha value is -1.54. The second-order valence-corrected chi connectivity index (χ2v) is 4.59. The first-order valence-electron chi connectivity index (χ1n) is 4.32. The number of carbonyl (C=O) groups excluding carboxylic acids is 1. The molecule has 1 heterocycles. The molecular weight excluding hydrogens is 237 g/mol. The summed E-state index contributed by atoms with van der Waals surface area (Å²) in [5, 5.41) is -0.695. The van der Waals surface area contributed by atoms with Gasteiger partial charge >= 0.3 is 0 Å². The number of carbonyl (C=O) groups is 1. The van der Waals surface area contributed by atoms with Crippen LogP contribution in [0.3, 0.4) is 0 Å². The van der Waals surface area contributed by atoms with Crippen LogP contribution in [0.5, 0.6) is 0 Å². The number of hydrogen-bond donors (Lipinski definition) is 2. The molecule has 3 N–H and O–H groups in total. The Morgan fingerprint density at radius 1 is 1.56 bits per heavy atom. The molecule has 0 bridgehead atoms. The van der Waals surface area contributed by atoms with Gasteiger partial charge in [0.1, 0.15) is 0 Å². The minimum Gasteiger partial charge on any atom is -0.370 e. The summed E-state index contributed by atoms with van der Waals surface area (Å²) >= 11 is 0. The minimum atomic E-state index is -4.03. The van der Waals surface area contributed by atoms with Gasteiger partial charge in [-0.25, -0.2) is 22.5 Å². The van der Waals surface area contributed by atoms with E-state index in [1.54, 1.807) is 0 Å². The van der Waals surface area contributed by atoms with Crippen LogP contribution in [0.4, 0.5) is 4.39 Å². The molecule has 6 nitrogen and oxygen atoms in total. The zero-order chi connectivity index (χ0) is 12.2. The minimum absolute atomic E-state index is 0.159. The Bertz CT molecular complexity index is 489. The van der Waals surface area contributed by atoms with Crippen LogP contribution in [-0.2, 0) is 14.8 Å². The lowest BCUT2D eigenvalue weighted by Gasteiger charge is -2.04. The number of sulfonamides is 1. The average molecular weight is 247 g/mol. The Balaban J connectivity index is 2.79. The number of nitrogens with two attached hydrogens (primary N) is 1. The number of nitrogens with one attached hydrogen (secondary N) is 1. The summed E-state index contributed by atoms with van der Waals surface area (Å²) in [7, 11) is -4.03. The maximum Gasteiger partial charge on any atom is 0.261 e. The van der Waals surface area contributed by atoms with Crippen LogP contribution >= 0.6 is 0 Å². The zero-order valence-electron chi connectivity index (χ0n) is 8.18. The second-order valence-electron chi connectivity index (χ2n) is 2.90. The first-order chi connectivity index (χ1) is 7.43. The summed E-state index contributed by atoms with van der Waals surface area (Å²) in [6, 6.07) is 2.26. The molecule has 0 saturated carbocycles. The maximum atomic E-state index is 13.1. The molecule has 0 saturated heterocycles. The molecule has 0 atom stereocenters. The lowest BCUT2D eigenvalue weighted by Crippen LogP contribution is -2.29. The van der Waals surface area contributed by atoms with Gasteiger partial charge in [-0.1, -0.05) is 0 Å². The van der Waals surface area contributed by atoms with Crippen molar-refractivity contribution in [2.24, 2.45) is 5.73 Å². The van der Waals surface area contributed by atoms with Gasteiger partial charge in [0.25, 0.3) is 10.0 Å². The van der Waals surface area contributed by atoms with E-state index in [9.17, 15) is 17.6 Å². The molecule has 0 fully saturated rings. The normalized spacial score (nSPS) is 11.3. The molecule has 0 aliphatic rings. The molecule has 1 rings (SSSR count). The van der Waals surface area contributed by atoms with Crippen LogP contribution in [-0.4, -0.2) is 25.9 Å². The Labute approximate surface area is 91.7 Å². The van der Waals surface area contributed by atoms with Crippen molar-refractivity contribution in [3.8, 4) is 0 Å². The van der Waals surface area contributed by atoms with Crippen molar-refractivity contribution >= 4 is 15.9 Å². The molecule has 1 aromatic rings. The third kappa shape index (κ3) is 3.24. The summed E-state index contributed by atoms with van der Waals surface area (Å²) in [4.78, 5) is 13.8. The Morgan fingerprint density at radius 2 is 2.25 bits per heavy atom. The van der Waals surface area contributed by atoms with E-state index in [0.29, 0.717) is 0 Å². The predicted molar refractivity (Wildman–Crippen MR) is 53.2 cm³/mol. The van der Waals surface area contributed by atoms with Crippen molar-refractivity contribution in [2.45, 2.75) is 11.4 Å². The molecule has 1 aromatic heterocycles. The van der Waals surface area contributed by atoms with Gasteiger partial charge < -0.3 is 5.73 Å². The summed E-state index contributed by atoms with van der Waals surface area (Å²) in [5.41, 5.74) is 4.83. The fraction of sp³-hybridized carbons (Fsp3) is 0.250. The SMILES string of the molecule is NC(=O)CCNS(=O)(=O)c1ncccc1F. The van der Waals surface area contributed by atoms with E-state index in [-0.39, 0.29) is 13.0 Å². The van der Waals surface area contributed by atoms with Gasteiger partial charge in [0, 0.05) is 19.2 Å². The molecule has 0 unspecified atom stereocenters. The first-order valence-corrected chi connectivity index (χ1v) is 5.80. The predicted octanol–water partition coefficient (Wildman–Crippen LogP) is -0.626. The van der Waals surface area contributed by atoms with E-state index in [1.807, 2.05) is 4.72 Å². The lowest BCUT2D eigenvalue weighted by molar-refractivity contribution is -0.117. The van der Waals surface area contributed by atoms with Crippen molar-refractivity contribution in [1.29, 1.82) is 0 Å². The molecule has 0 aliphatic carbocycles. The molecule has 8 heteroatoms. The van der Waals surface area contributed by atoms with Gasteiger partial charge in [0.2, 0.25) is 10.9 Å². The molecule has 1 amide bonds. The monoisotopic (exact) mass is 247 g/mol. The highest BCUT2D eigenvalue weighted by atomic mass is 32.2. The summed E-state index contributed by atoms with van der Waals surface area (Å²) in [6.07, 6.45) is 0.999. The van der Waals surface area contributed by atoms with Gasteiger partial charge in [-0.2, -0.15) is 0 Å². The van der Waals surface area contributed by atoms with Gasteiger partial charge in [0.05, 0.1) is 0 Å². The number of pyridine rings is 1. The third-order valence-electron chi connectivity index (χ3n) is 1.64. The number of halogens is 1. The summed E-state index contributed by atoms with van der Waals surface area (Å²) < 4.78 is 38.1. The lowest BCUT2D eigenvalue weighted by atomic mass is 10.4. The topological polar surface area (TPSA) is 102 Å². The first kappa shape index (κ1) is 12.5.